The van der Waals surface area contributed by atoms with Crippen molar-refractivity contribution in [1.29, 1.82) is 0 Å². The Morgan fingerprint density at radius 2 is 1.95 bits per heavy atom. The van der Waals surface area contributed by atoms with Crippen LogP contribution in [-0.2, 0) is 4.79 Å². The zero-order valence-corrected chi connectivity index (χ0v) is 13.5. The van der Waals surface area contributed by atoms with Gasteiger partial charge in [-0.15, -0.1) is 0 Å². The van der Waals surface area contributed by atoms with E-state index in [4.69, 9.17) is 21.4 Å². The fraction of sp³-hybridized carbons (Fsp3) is 0.0625. The summed E-state index contributed by atoms with van der Waals surface area (Å²) in [6.07, 6.45) is 2.50. The van der Waals surface area contributed by atoms with Crippen molar-refractivity contribution in [2.24, 2.45) is 0 Å². The molecule has 0 amide bonds. The van der Waals surface area contributed by atoms with Gasteiger partial charge in [-0.25, -0.2) is 4.79 Å². The molecule has 0 bridgehead atoms. The van der Waals surface area contributed by atoms with Crippen molar-refractivity contribution >= 4 is 39.6 Å². The van der Waals surface area contributed by atoms with E-state index >= 15 is 0 Å². The smallest absolute Gasteiger partial charge is 0.328 e. The largest absolute Gasteiger partial charge is 0.478 e. The second kappa shape index (κ2) is 6.78. The number of carboxylic acids is 1. The fourth-order valence-corrected chi connectivity index (χ4v) is 2.41. The van der Waals surface area contributed by atoms with E-state index in [2.05, 4.69) is 15.9 Å². The van der Waals surface area contributed by atoms with Gasteiger partial charge in [0.05, 0.1) is 0 Å². The molecule has 21 heavy (non-hydrogen) atoms. The zero-order valence-electron chi connectivity index (χ0n) is 11.1. The highest BCUT2D eigenvalue weighted by atomic mass is 79.9. The average molecular weight is 368 g/mol. The zero-order chi connectivity index (χ0) is 15.4. The van der Waals surface area contributed by atoms with E-state index in [-0.39, 0.29) is 0 Å². The normalized spacial score (nSPS) is 10.8. The Morgan fingerprint density at radius 3 is 2.62 bits per heavy atom. The lowest BCUT2D eigenvalue weighted by Crippen LogP contribution is -1.91. The van der Waals surface area contributed by atoms with E-state index in [1.165, 1.54) is 6.08 Å². The molecule has 0 heterocycles. The first-order valence-corrected chi connectivity index (χ1v) is 7.27. The van der Waals surface area contributed by atoms with Crippen LogP contribution < -0.4 is 4.74 Å². The van der Waals surface area contributed by atoms with E-state index < -0.39 is 5.97 Å². The minimum Gasteiger partial charge on any atom is -0.478 e. The Bertz CT molecular complexity index is 711. The van der Waals surface area contributed by atoms with Gasteiger partial charge in [-0.1, -0.05) is 27.5 Å². The monoisotopic (exact) mass is 366 g/mol. The number of aryl methyl sites for hydroxylation is 1. The topological polar surface area (TPSA) is 46.5 Å². The van der Waals surface area contributed by atoms with Crippen LogP contribution in [0.4, 0.5) is 0 Å². The van der Waals surface area contributed by atoms with E-state index in [0.717, 1.165) is 16.1 Å². The molecule has 0 unspecified atom stereocenters. The van der Waals surface area contributed by atoms with E-state index in [0.29, 0.717) is 22.1 Å². The number of ether oxygens (including phenoxy) is 1. The molecular weight excluding hydrogens is 356 g/mol. The number of carboxylic acid groups (broad SMARTS) is 1. The molecule has 0 aliphatic heterocycles. The third kappa shape index (κ3) is 4.34. The van der Waals surface area contributed by atoms with Gasteiger partial charge in [-0.3, -0.25) is 0 Å². The van der Waals surface area contributed by atoms with E-state index in [1.807, 2.05) is 25.1 Å². The number of hydrogen-bond acceptors (Lipinski definition) is 2. The molecule has 0 radical (unpaired) electrons. The van der Waals surface area contributed by atoms with Crippen molar-refractivity contribution in [3.05, 3.63) is 63.1 Å². The molecule has 0 fully saturated rings. The number of hydrogen-bond donors (Lipinski definition) is 1. The maximum absolute atomic E-state index is 10.7. The predicted molar refractivity (Wildman–Crippen MR) is 87.1 cm³/mol. The van der Waals surface area contributed by atoms with Crippen molar-refractivity contribution in [1.82, 2.24) is 0 Å². The van der Waals surface area contributed by atoms with Crippen molar-refractivity contribution in [2.45, 2.75) is 6.92 Å². The van der Waals surface area contributed by atoms with Crippen molar-refractivity contribution in [2.75, 3.05) is 0 Å². The van der Waals surface area contributed by atoms with Crippen LogP contribution in [0.25, 0.3) is 6.08 Å². The van der Waals surface area contributed by atoms with Gasteiger partial charge < -0.3 is 9.84 Å². The average Bonchev–Trinajstić information content (AvgIpc) is 2.41. The summed E-state index contributed by atoms with van der Waals surface area (Å²) in [5.41, 5.74) is 1.57. The van der Waals surface area contributed by atoms with Gasteiger partial charge in [0.1, 0.15) is 11.5 Å². The summed E-state index contributed by atoms with van der Waals surface area (Å²) >= 11 is 9.34. The van der Waals surface area contributed by atoms with Crippen LogP contribution in [0.5, 0.6) is 11.5 Å². The van der Waals surface area contributed by atoms with E-state index in [1.54, 1.807) is 18.2 Å². The Morgan fingerprint density at radius 1 is 1.24 bits per heavy atom. The lowest BCUT2D eigenvalue weighted by atomic mass is 10.1. The summed E-state index contributed by atoms with van der Waals surface area (Å²) in [5.74, 6) is 0.216. The lowest BCUT2D eigenvalue weighted by Gasteiger charge is -2.11. The van der Waals surface area contributed by atoms with Crippen LogP contribution >= 0.6 is 27.5 Å². The first kappa shape index (κ1) is 15.6. The quantitative estimate of drug-likeness (QED) is 0.746. The first-order chi connectivity index (χ1) is 9.95. The molecule has 2 aromatic rings. The SMILES string of the molecule is Cc1cc(Br)ccc1Oc1ccc(Cl)cc1/C=C/C(=O)O. The summed E-state index contributed by atoms with van der Waals surface area (Å²) in [6.45, 7) is 1.93. The van der Waals surface area contributed by atoms with Crippen LogP contribution in [0.1, 0.15) is 11.1 Å². The van der Waals surface area contributed by atoms with Gasteiger partial charge in [-0.05, 0) is 55.0 Å². The maximum Gasteiger partial charge on any atom is 0.328 e. The highest BCUT2D eigenvalue weighted by Gasteiger charge is 2.07. The highest BCUT2D eigenvalue weighted by Crippen LogP contribution is 2.31. The molecule has 0 aromatic heterocycles. The summed E-state index contributed by atoms with van der Waals surface area (Å²) < 4.78 is 6.83. The molecule has 5 heteroatoms. The highest BCUT2D eigenvalue weighted by molar-refractivity contribution is 9.10. The number of rotatable bonds is 4. The third-order valence-corrected chi connectivity index (χ3v) is 3.46. The second-order valence-electron chi connectivity index (χ2n) is 4.37. The summed E-state index contributed by atoms with van der Waals surface area (Å²) in [6, 6.07) is 10.7. The van der Waals surface area contributed by atoms with Gasteiger partial charge in [0, 0.05) is 21.1 Å². The standard InChI is InChI=1S/C16H12BrClO3/c1-10-8-12(17)3-5-14(10)21-15-6-4-13(18)9-11(15)2-7-16(19)20/h2-9H,1H3,(H,19,20)/b7-2+. The van der Waals surface area contributed by atoms with Gasteiger partial charge in [0.2, 0.25) is 0 Å². The molecule has 0 aliphatic carbocycles. The molecule has 3 nitrogen and oxygen atoms in total. The Labute approximate surface area is 135 Å². The molecule has 108 valence electrons. The van der Waals surface area contributed by atoms with Crippen LogP contribution in [0.3, 0.4) is 0 Å². The van der Waals surface area contributed by atoms with Gasteiger partial charge >= 0.3 is 5.97 Å². The molecular formula is C16H12BrClO3. The molecule has 1 N–H and O–H groups in total. The molecule has 0 saturated heterocycles. The molecule has 0 atom stereocenters. The summed E-state index contributed by atoms with van der Waals surface area (Å²) in [5, 5.41) is 9.25. The number of benzene rings is 2. The first-order valence-electron chi connectivity index (χ1n) is 6.10. The fourth-order valence-electron chi connectivity index (χ4n) is 1.75. The predicted octanol–water partition coefficient (Wildman–Crippen LogP) is 5.30. The van der Waals surface area contributed by atoms with Crippen LogP contribution in [0.15, 0.2) is 46.9 Å². The molecule has 0 saturated carbocycles. The van der Waals surface area contributed by atoms with Crippen LogP contribution in [0, 0.1) is 6.92 Å². The van der Waals surface area contributed by atoms with Crippen molar-refractivity contribution < 1.29 is 14.6 Å². The van der Waals surface area contributed by atoms with Gasteiger partial charge in [0.15, 0.2) is 0 Å². The molecule has 0 aliphatic rings. The van der Waals surface area contributed by atoms with Crippen LogP contribution in [-0.4, -0.2) is 11.1 Å². The molecule has 2 rings (SSSR count). The molecule has 2 aromatic carbocycles. The maximum atomic E-state index is 10.7. The van der Waals surface area contributed by atoms with Gasteiger partial charge in [-0.2, -0.15) is 0 Å². The minimum absolute atomic E-state index is 0.514. The van der Waals surface area contributed by atoms with E-state index in [9.17, 15) is 4.79 Å². The Hall–Kier alpha value is -1.78. The van der Waals surface area contributed by atoms with Crippen molar-refractivity contribution in [3.8, 4) is 11.5 Å². The summed E-state index contributed by atoms with van der Waals surface area (Å²) in [7, 11) is 0. The Kier molecular flexibility index (Phi) is 5.04. The molecule has 0 spiro atoms. The second-order valence-corrected chi connectivity index (χ2v) is 5.72. The van der Waals surface area contributed by atoms with Crippen LogP contribution in [0.2, 0.25) is 5.02 Å². The minimum atomic E-state index is -1.03. The number of aliphatic carboxylic acids is 1. The summed E-state index contributed by atoms with van der Waals surface area (Å²) in [4.78, 5) is 10.7. The third-order valence-electron chi connectivity index (χ3n) is 2.73. The number of halogens is 2. The lowest BCUT2D eigenvalue weighted by molar-refractivity contribution is -0.131. The van der Waals surface area contributed by atoms with Gasteiger partial charge in [0.25, 0.3) is 0 Å². The van der Waals surface area contributed by atoms with Crippen molar-refractivity contribution in [3.63, 3.8) is 0 Å². The number of carbonyl (C=O) groups is 1. The Balaban J connectivity index is 2.37.